The van der Waals surface area contributed by atoms with E-state index in [9.17, 15) is 18.0 Å². The number of benzene rings is 3. The van der Waals surface area contributed by atoms with Crippen LogP contribution in [0.1, 0.15) is 69.6 Å². The van der Waals surface area contributed by atoms with E-state index in [1.165, 1.54) is 4.90 Å². The van der Waals surface area contributed by atoms with E-state index in [1.807, 2.05) is 42.5 Å². The normalized spacial score (nSPS) is 14.9. The fourth-order valence-corrected chi connectivity index (χ4v) is 7.06. The Morgan fingerprint density at radius 1 is 0.889 bits per heavy atom. The first-order valence-corrected chi connectivity index (χ1v) is 18.0. The minimum Gasteiger partial charge on any atom is -0.352 e. The summed E-state index contributed by atoms with van der Waals surface area (Å²) in [6.45, 7) is 5.64. The van der Waals surface area contributed by atoms with Crippen LogP contribution < -0.4 is 9.62 Å². The molecular formula is C35H43Cl2N3O4S. The number of halogens is 2. The van der Waals surface area contributed by atoms with Gasteiger partial charge in [-0.1, -0.05) is 112 Å². The smallest absolute Gasteiger partial charge is 0.244 e. The minimum absolute atomic E-state index is 0.0132. The third kappa shape index (κ3) is 9.47. The molecule has 10 heteroatoms. The molecule has 3 aromatic rings. The number of hydrogen-bond acceptors (Lipinski definition) is 4. The number of sulfonamides is 1. The fourth-order valence-electron chi connectivity index (χ4n) is 5.69. The zero-order valence-corrected chi connectivity index (χ0v) is 28.8. The molecule has 4 rings (SSSR count). The van der Waals surface area contributed by atoms with Crippen LogP contribution in [0.5, 0.6) is 0 Å². The van der Waals surface area contributed by atoms with Gasteiger partial charge in [0.05, 0.1) is 11.9 Å². The van der Waals surface area contributed by atoms with Crippen molar-refractivity contribution in [3.63, 3.8) is 0 Å². The summed E-state index contributed by atoms with van der Waals surface area (Å²) in [5, 5.41) is 3.90. The van der Waals surface area contributed by atoms with Crippen molar-refractivity contribution in [1.82, 2.24) is 10.2 Å². The number of nitrogens with zero attached hydrogens (tertiary/aromatic N) is 2. The maximum atomic E-state index is 14.4. The SMILES string of the molecule is CC(C)(C)c1ccc(N(CC(=O)N(Cc2c(Cl)cccc2Cl)[C@@H](Cc2ccccc2)C(=O)NC2CCCCC2)S(C)(=O)=O)cc1. The monoisotopic (exact) mass is 671 g/mol. The van der Waals surface area contributed by atoms with Crippen LogP contribution in [0.2, 0.25) is 10.0 Å². The number of nitrogens with one attached hydrogen (secondary N) is 1. The average molecular weight is 673 g/mol. The van der Waals surface area contributed by atoms with Crippen LogP contribution in [0.25, 0.3) is 0 Å². The maximum absolute atomic E-state index is 14.4. The van der Waals surface area contributed by atoms with Crippen LogP contribution in [-0.4, -0.2) is 50.0 Å². The van der Waals surface area contributed by atoms with E-state index < -0.39 is 28.5 Å². The zero-order chi connectivity index (χ0) is 32.8. The largest absolute Gasteiger partial charge is 0.352 e. The van der Waals surface area contributed by atoms with Gasteiger partial charge < -0.3 is 10.2 Å². The lowest BCUT2D eigenvalue weighted by Crippen LogP contribution is -2.55. The van der Waals surface area contributed by atoms with E-state index in [4.69, 9.17) is 23.2 Å². The minimum atomic E-state index is -3.88. The van der Waals surface area contributed by atoms with Crippen molar-refractivity contribution in [3.8, 4) is 0 Å². The predicted molar refractivity (Wildman–Crippen MR) is 183 cm³/mol. The van der Waals surface area contributed by atoms with Crippen molar-refractivity contribution in [2.24, 2.45) is 0 Å². The van der Waals surface area contributed by atoms with Crippen molar-refractivity contribution in [2.75, 3.05) is 17.1 Å². The van der Waals surface area contributed by atoms with Crippen LogP contribution in [0, 0.1) is 0 Å². The van der Waals surface area contributed by atoms with Gasteiger partial charge in [0.15, 0.2) is 0 Å². The van der Waals surface area contributed by atoms with Crippen molar-refractivity contribution in [2.45, 2.75) is 83.3 Å². The Balaban J connectivity index is 1.75. The summed E-state index contributed by atoms with van der Waals surface area (Å²) in [6, 6.07) is 20.8. The molecule has 7 nitrogen and oxygen atoms in total. The molecule has 0 radical (unpaired) electrons. The second-order valence-electron chi connectivity index (χ2n) is 12.8. The molecule has 0 aromatic heterocycles. The second kappa shape index (κ2) is 15.0. The summed E-state index contributed by atoms with van der Waals surface area (Å²) in [7, 11) is -3.88. The van der Waals surface area contributed by atoms with E-state index in [1.54, 1.807) is 30.3 Å². The van der Waals surface area contributed by atoms with Gasteiger partial charge in [0.25, 0.3) is 0 Å². The Morgan fingerprint density at radius 3 is 2.04 bits per heavy atom. The van der Waals surface area contributed by atoms with Gasteiger partial charge in [-0.15, -0.1) is 0 Å². The van der Waals surface area contributed by atoms with Crippen LogP contribution in [0.15, 0.2) is 72.8 Å². The molecule has 1 aliphatic carbocycles. The Morgan fingerprint density at radius 2 is 1.49 bits per heavy atom. The Hall–Kier alpha value is -3.07. The molecule has 0 spiro atoms. The zero-order valence-electron chi connectivity index (χ0n) is 26.4. The first-order chi connectivity index (χ1) is 21.2. The van der Waals surface area contributed by atoms with Crippen molar-refractivity contribution < 1.29 is 18.0 Å². The molecule has 3 aromatic carbocycles. The number of anilines is 1. The van der Waals surface area contributed by atoms with E-state index in [0.717, 1.165) is 53.8 Å². The molecule has 1 atom stereocenters. The maximum Gasteiger partial charge on any atom is 0.244 e. The van der Waals surface area contributed by atoms with Gasteiger partial charge in [0.1, 0.15) is 12.6 Å². The number of hydrogen-bond donors (Lipinski definition) is 1. The number of carbonyl (C=O) groups is 2. The number of rotatable bonds is 11. The molecule has 0 aliphatic heterocycles. The standard InChI is InChI=1S/C35H43Cl2N3O4S/c1-35(2,3)26-18-20-28(21-19-26)40(45(4,43)44)24-33(41)39(23-29-30(36)16-11-17-31(29)37)32(22-25-12-7-5-8-13-25)34(42)38-27-14-9-6-10-15-27/h5,7-8,11-13,16-21,27,32H,6,9-10,14-15,22-24H2,1-4H3,(H,38,42)/t32-/m0/s1. The van der Waals surface area contributed by atoms with Gasteiger partial charge in [-0.2, -0.15) is 0 Å². The molecule has 0 unspecified atom stereocenters. The van der Waals surface area contributed by atoms with Gasteiger partial charge in [-0.05, 0) is 53.6 Å². The highest BCUT2D eigenvalue weighted by molar-refractivity contribution is 7.92. The molecule has 1 fully saturated rings. The third-order valence-corrected chi connectivity index (χ3v) is 10.2. The lowest BCUT2D eigenvalue weighted by atomic mass is 9.87. The quantitative estimate of drug-likeness (QED) is 0.235. The molecule has 45 heavy (non-hydrogen) atoms. The Kier molecular flexibility index (Phi) is 11.6. The lowest BCUT2D eigenvalue weighted by molar-refractivity contribution is -0.140. The van der Waals surface area contributed by atoms with E-state index >= 15 is 0 Å². The first-order valence-electron chi connectivity index (χ1n) is 15.4. The second-order valence-corrected chi connectivity index (χ2v) is 15.6. The first kappa shape index (κ1) is 34.8. The van der Waals surface area contributed by atoms with Gasteiger partial charge in [-0.3, -0.25) is 13.9 Å². The van der Waals surface area contributed by atoms with Crippen LogP contribution in [-0.2, 0) is 38.0 Å². The molecule has 0 saturated heterocycles. The lowest BCUT2D eigenvalue weighted by Gasteiger charge is -2.35. The Labute approximate surface area is 278 Å². The van der Waals surface area contributed by atoms with Crippen LogP contribution in [0.4, 0.5) is 5.69 Å². The average Bonchev–Trinajstić information content (AvgIpc) is 2.99. The summed E-state index contributed by atoms with van der Waals surface area (Å²) >= 11 is 13.1. The highest BCUT2D eigenvalue weighted by Crippen LogP contribution is 2.29. The van der Waals surface area contributed by atoms with Crippen LogP contribution in [0.3, 0.4) is 0 Å². The summed E-state index contributed by atoms with van der Waals surface area (Å²) in [4.78, 5) is 29.9. The molecule has 0 bridgehead atoms. The van der Waals surface area contributed by atoms with E-state index in [2.05, 4.69) is 26.1 Å². The summed E-state index contributed by atoms with van der Waals surface area (Å²) < 4.78 is 27.3. The summed E-state index contributed by atoms with van der Waals surface area (Å²) in [6.07, 6.45) is 6.25. The van der Waals surface area contributed by atoms with Gasteiger partial charge in [-0.25, -0.2) is 8.42 Å². The van der Waals surface area contributed by atoms with Crippen LogP contribution >= 0.6 is 23.2 Å². The highest BCUT2D eigenvalue weighted by atomic mass is 35.5. The number of amides is 2. The molecule has 1 N–H and O–H groups in total. The van der Waals surface area contributed by atoms with Crippen molar-refractivity contribution in [3.05, 3.63) is 99.5 Å². The predicted octanol–water partition coefficient (Wildman–Crippen LogP) is 7.15. The molecule has 1 saturated carbocycles. The number of carbonyl (C=O) groups excluding carboxylic acids is 2. The Bertz CT molecular complexity index is 1550. The van der Waals surface area contributed by atoms with Gasteiger partial charge in [0, 0.05) is 34.6 Å². The van der Waals surface area contributed by atoms with Crippen molar-refractivity contribution in [1.29, 1.82) is 0 Å². The molecule has 242 valence electrons. The molecule has 2 amide bonds. The van der Waals surface area contributed by atoms with E-state index in [0.29, 0.717) is 21.3 Å². The van der Waals surface area contributed by atoms with Crippen molar-refractivity contribution >= 4 is 50.7 Å². The van der Waals surface area contributed by atoms with Gasteiger partial charge >= 0.3 is 0 Å². The highest BCUT2D eigenvalue weighted by Gasteiger charge is 2.35. The summed E-state index contributed by atoms with van der Waals surface area (Å²) in [5.74, 6) is -0.834. The third-order valence-electron chi connectivity index (χ3n) is 8.31. The fraction of sp³-hybridized carbons (Fsp3) is 0.429. The van der Waals surface area contributed by atoms with Gasteiger partial charge in [0.2, 0.25) is 21.8 Å². The molecular weight excluding hydrogens is 629 g/mol. The topological polar surface area (TPSA) is 86.8 Å². The summed E-state index contributed by atoms with van der Waals surface area (Å²) in [5.41, 5.74) is 2.61. The van der Waals surface area contributed by atoms with E-state index in [-0.39, 0.29) is 30.3 Å². The molecule has 1 aliphatic rings. The molecule has 0 heterocycles.